The summed E-state index contributed by atoms with van der Waals surface area (Å²) in [6.07, 6.45) is 1.38. The van der Waals surface area contributed by atoms with Crippen LogP contribution in [0.15, 0.2) is 18.2 Å². The molecule has 1 aromatic carbocycles. The van der Waals surface area contributed by atoms with Crippen LogP contribution in [0, 0.1) is 0 Å². The second-order valence-corrected chi connectivity index (χ2v) is 4.15. The molecule has 0 spiro atoms. The van der Waals surface area contributed by atoms with E-state index in [9.17, 15) is 4.79 Å². The Morgan fingerprint density at radius 3 is 2.78 bits per heavy atom. The molecule has 0 amide bonds. The van der Waals surface area contributed by atoms with E-state index in [1.54, 1.807) is 18.2 Å². The second kappa shape index (κ2) is 5.73. The molecule has 0 bridgehead atoms. The minimum absolute atomic E-state index is 0.0858. The average molecular weight is 251 g/mol. The molecule has 0 unspecified atom stereocenters. The Balaban J connectivity index is 2.10. The predicted octanol–water partition coefficient (Wildman–Crippen LogP) is 1.61. The van der Waals surface area contributed by atoms with E-state index in [0.29, 0.717) is 30.2 Å². The quantitative estimate of drug-likeness (QED) is 0.653. The summed E-state index contributed by atoms with van der Waals surface area (Å²) in [6, 6.07) is 5.04. The normalized spacial score (nSPS) is 16.3. The third kappa shape index (κ3) is 2.73. The molecule has 0 atom stereocenters. The van der Waals surface area contributed by atoms with Crippen molar-refractivity contribution >= 4 is 11.7 Å². The number of esters is 1. The van der Waals surface area contributed by atoms with Gasteiger partial charge < -0.3 is 19.9 Å². The first-order valence-electron chi connectivity index (χ1n) is 5.93. The van der Waals surface area contributed by atoms with Gasteiger partial charge in [-0.25, -0.2) is 4.79 Å². The van der Waals surface area contributed by atoms with Crippen molar-refractivity contribution in [3.05, 3.63) is 23.8 Å². The van der Waals surface area contributed by atoms with Crippen molar-refractivity contribution < 1.29 is 19.0 Å². The molecule has 1 fully saturated rings. The van der Waals surface area contributed by atoms with Crippen LogP contribution in [-0.4, -0.2) is 32.4 Å². The van der Waals surface area contributed by atoms with Crippen molar-refractivity contribution in [1.82, 2.24) is 0 Å². The van der Waals surface area contributed by atoms with Crippen molar-refractivity contribution in [2.75, 3.05) is 26.1 Å². The highest BCUT2D eigenvalue weighted by Crippen LogP contribution is 2.27. The van der Waals surface area contributed by atoms with Gasteiger partial charge >= 0.3 is 5.97 Å². The Kier molecular flexibility index (Phi) is 4.04. The Morgan fingerprint density at radius 1 is 1.39 bits per heavy atom. The van der Waals surface area contributed by atoms with E-state index >= 15 is 0 Å². The Morgan fingerprint density at radius 2 is 2.11 bits per heavy atom. The van der Waals surface area contributed by atoms with Gasteiger partial charge in [0.05, 0.1) is 26.0 Å². The number of carbonyl (C=O) groups excluding carboxylic acids is 1. The number of hydrogen-bond donors (Lipinski definition) is 1. The van der Waals surface area contributed by atoms with Crippen LogP contribution in [0.2, 0.25) is 0 Å². The van der Waals surface area contributed by atoms with Crippen LogP contribution in [0.3, 0.4) is 0 Å². The molecular weight excluding hydrogens is 234 g/mol. The SMILES string of the molecule is COc1c(N)cccc1C(=O)OC1CCOCC1. The molecule has 5 heteroatoms. The molecule has 0 aromatic heterocycles. The molecule has 1 aliphatic heterocycles. The molecule has 2 rings (SSSR count). The molecule has 1 aromatic rings. The van der Waals surface area contributed by atoms with E-state index in [0.717, 1.165) is 12.8 Å². The van der Waals surface area contributed by atoms with Gasteiger partial charge in [0.15, 0.2) is 5.75 Å². The van der Waals surface area contributed by atoms with Gasteiger partial charge in [-0.05, 0) is 12.1 Å². The first-order chi connectivity index (χ1) is 8.72. The summed E-state index contributed by atoms with van der Waals surface area (Å²) in [5.74, 6) is -0.0272. The summed E-state index contributed by atoms with van der Waals surface area (Å²) < 4.78 is 15.8. The highest BCUT2D eigenvalue weighted by atomic mass is 16.6. The Bertz CT molecular complexity index is 427. The van der Waals surface area contributed by atoms with Crippen molar-refractivity contribution in [3.8, 4) is 5.75 Å². The van der Waals surface area contributed by atoms with E-state index in [1.165, 1.54) is 7.11 Å². The minimum Gasteiger partial charge on any atom is -0.494 e. The lowest BCUT2D eigenvalue weighted by molar-refractivity contribution is -0.0160. The minimum atomic E-state index is -0.397. The summed E-state index contributed by atoms with van der Waals surface area (Å²) in [5.41, 5.74) is 6.54. The third-order valence-corrected chi connectivity index (χ3v) is 2.91. The zero-order valence-corrected chi connectivity index (χ0v) is 10.3. The lowest BCUT2D eigenvalue weighted by atomic mass is 10.1. The standard InChI is InChI=1S/C13H17NO4/c1-16-12-10(3-2-4-11(12)14)13(15)18-9-5-7-17-8-6-9/h2-4,9H,5-8,14H2,1H3. The number of nitrogen functional groups attached to an aromatic ring is 1. The van der Waals surface area contributed by atoms with Crippen LogP contribution >= 0.6 is 0 Å². The summed E-state index contributed by atoms with van der Waals surface area (Å²) in [6.45, 7) is 1.26. The maximum absolute atomic E-state index is 12.0. The fourth-order valence-corrected chi connectivity index (χ4v) is 1.95. The molecule has 2 N–H and O–H groups in total. The third-order valence-electron chi connectivity index (χ3n) is 2.91. The first kappa shape index (κ1) is 12.7. The number of methoxy groups -OCH3 is 1. The van der Waals surface area contributed by atoms with E-state index in [4.69, 9.17) is 19.9 Å². The fourth-order valence-electron chi connectivity index (χ4n) is 1.95. The van der Waals surface area contributed by atoms with Gasteiger partial charge in [0, 0.05) is 12.8 Å². The smallest absolute Gasteiger partial charge is 0.342 e. The van der Waals surface area contributed by atoms with Crippen LogP contribution in [0.5, 0.6) is 5.75 Å². The highest BCUT2D eigenvalue weighted by Gasteiger charge is 2.22. The summed E-state index contributed by atoms with van der Waals surface area (Å²) in [5, 5.41) is 0. The molecule has 98 valence electrons. The van der Waals surface area contributed by atoms with Gasteiger partial charge in [-0.2, -0.15) is 0 Å². The largest absolute Gasteiger partial charge is 0.494 e. The van der Waals surface area contributed by atoms with Crippen molar-refractivity contribution in [1.29, 1.82) is 0 Å². The molecule has 1 heterocycles. The molecule has 0 aliphatic carbocycles. The summed E-state index contributed by atoms with van der Waals surface area (Å²) >= 11 is 0. The molecule has 18 heavy (non-hydrogen) atoms. The number of hydrogen-bond acceptors (Lipinski definition) is 5. The molecule has 0 radical (unpaired) electrons. The topological polar surface area (TPSA) is 70.8 Å². The lowest BCUT2D eigenvalue weighted by Gasteiger charge is -2.22. The highest BCUT2D eigenvalue weighted by molar-refractivity contribution is 5.94. The number of para-hydroxylation sites is 1. The number of ether oxygens (including phenoxy) is 3. The maximum Gasteiger partial charge on any atom is 0.342 e. The van der Waals surface area contributed by atoms with Gasteiger partial charge in [-0.15, -0.1) is 0 Å². The van der Waals surface area contributed by atoms with Crippen LogP contribution < -0.4 is 10.5 Å². The zero-order valence-electron chi connectivity index (χ0n) is 10.3. The monoisotopic (exact) mass is 251 g/mol. The second-order valence-electron chi connectivity index (χ2n) is 4.15. The number of nitrogens with two attached hydrogens (primary N) is 1. The van der Waals surface area contributed by atoms with Gasteiger partial charge in [0.1, 0.15) is 11.7 Å². The van der Waals surface area contributed by atoms with E-state index in [-0.39, 0.29) is 6.10 Å². The predicted molar refractivity (Wildman–Crippen MR) is 66.7 cm³/mol. The molecule has 1 aliphatic rings. The van der Waals surface area contributed by atoms with Crippen LogP contribution in [0.4, 0.5) is 5.69 Å². The summed E-state index contributed by atoms with van der Waals surface area (Å²) in [4.78, 5) is 12.0. The number of anilines is 1. The Labute approximate surface area is 106 Å². The molecular formula is C13H17NO4. The molecule has 0 saturated carbocycles. The zero-order chi connectivity index (χ0) is 13.0. The number of rotatable bonds is 3. The van der Waals surface area contributed by atoms with Gasteiger partial charge in [-0.3, -0.25) is 0 Å². The first-order valence-corrected chi connectivity index (χ1v) is 5.93. The van der Waals surface area contributed by atoms with Crippen LogP contribution in [0.25, 0.3) is 0 Å². The van der Waals surface area contributed by atoms with Crippen LogP contribution in [-0.2, 0) is 9.47 Å². The Hall–Kier alpha value is -1.75. The van der Waals surface area contributed by atoms with E-state index < -0.39 is 5.97 Å². The van der Waals surface area contributed by atoms with Gasteiger partial charge in [0.25, 0.3) is 0 Å². The lowest BCUT2D eigenvalue weighted by Crippen LogP contribution is -2.26. The van der Waals surface area contributed by atoms with Crippen molar-refractivity contribution in [3.63, 3.8) is 0 Å². The average Bonchev–Trinajstić information content (AvgIpc) is 2.39. The van der Waals surface area contributed by atoms with E-state index in [1.807, 2.05) is 0 Å². The van der Waals surface area contributed by atoms with E-state index in [2.05, 4.69) is 0 Å². The maximum atomic E-state index is 12.0. The number of benzene rings is 1. The van der Waals surface area contributed by atoms with Gasteiger partial charge in [0.2, 0.25) is 0 Å². The van der Waals surface area contributed by atoms with Gasteiger partial charge in [-0.1, -0.05) is 6.07 Å². The van der Waals surface area contributed by atoms with Crippen molar-refractivity contribution in [2.45, 2.75) is 18.9 Å². The van der Waals surface area contributed by atoms with Crippen molar-refractivity contribution in [2.24, 2.45) is 0 Å². The molecule has 5 nitrogen and oxygen atoms in total. The fraction of sp³-hybridized carbons (Fsp3) is 0.462. The van der Waals surface area contributed by atoms with Crippen LogP contribution in [0.1, 0.15) is 23.2 Å². The number of carbonyl (C=O) groups is 1. The summed E-state index contributed by atoms with van der Waals surface area (Å²) in [7, 11) is 1.48. The molecule has 1 saturated heterocycles.